The molecule has 6 rings (SSSR count). The van der Waals surface area contributed by atoms with Gasteiger partial charge in [0.25, 0.3) is 0 Å². The lowest BCUT2D eigenvalue weighted by Crippen LogP contribution is -2.25. The van der Waals surface area contributed by atoms with Crippen LogP contribution in [-0.4, -0.2) is 0 Å². The van der Waals surface area contributed by atoms with E-state index < -0.39 is 0 Å². The molecule has 0 saturated carbocycles. The second-order valence-electron chi connectivity index (χ2n) is 15.6. The molecule has 1 atom stereocenters. The lowest BCUT2D eigenvalue weighted by molar-refractivity contribution is 0.398. The average molecular weight is 690 g/mol. The third-order valence-corrected chi connectivity index (χ3v) is 12.0. The molecular weight excluding hydrogens is 627 g/mol. The smallest absolute Gasteiger partial charge is 0.0384 e. The first-order valence-corrected chi connectivity index (χ1v) is 20.9. The van der Waals surface area contributed by atoms with Gasteiger partial charge >= 0.3 is 0 Å². The summed E-state index contributed by atoms with van der Waals surface area (Å²) in [5, 5.41) is 3.63. The Labute approximate surface area is 316 Å². The number of rotatable bonds is 20. The standard InChI is InChI=1S/C51H63N/c1-5-8-10-12-14-19-35-51(36-20-15-13-11-9-6-2)49-37-43(41-21-17-16-18-22-41)27-33-47(49)48-34-28-44(38-50(48)51)42-25-31-46(32-26-42)52-45-29-23-40(24-30-45)39(4)7-3/h16-18,21-34,37-39,52H,5-15,19-20,35-36H2,1-4H3. The lowest BCUT2D eigenvalue weighted by Gasteiger charge is -2.33. The Morgan fingerprint density at radius 2 is 0.904 bits per heavy atom. The number of hydrogen-bond acceptors (Lipinski definition) is 1. The summed E-state index contributed by atoms with van der Waals surface area (Å²) in [7, 11) is 0. The molecule has 0 bridgehead atoms. The van der Waals surface area contributed by atoms with Crippen molar-refractivity contribution in [3.05, 3.63) is 132 Å². The number of fused-ring (bicyclic) bond motifs is 3. The first kappa shape index (κ1) is 37.7. The van der Waals surface area contributed by atoms with Crippen LogP contribution >= 0.6 is 0 Å². The Morgan fingerprint density at radius 1 is 0.462 bits per heavy atom. The van der Waals surface area contributed by atoms with Gasteiger partial charge in [-0.3, -0.25) is 0 Å². The number of benzene rings is 5. The summed E-state index contributed by atoms with van der Waals surface area (Å²) in [6, 6.07) is 43.8. The van der Waals surface area contributed by atoms with Crippen molar-refractivity contribution in [1.29, 1.82) is 0 Å². The Morgan fingerprint density at radius 3 is 1.40 bits per heavy atom. The van der Waals surface area contributed by atoms with Gasteiger partial charge in [-0.15, -0.1) is 0 Å². The van der Waals surface area contributed by atoms with Crippen molar-refractivity contribution < 1.29 is 0 Å². The fraction of sp³-hybridized carbons (Fsp3) is 0.412. The topological polar surface area (TPSA) is 12.0 Å². The van der Waals surface area contributed by atoms with Gasteiger partial charge in [-0.05, 0) is 112 Å². The molecule has 0 aliphatic heterocycles. The number of hydrogen-bond donors (Lipinski definition) is 1. The van der Waals surface area contributed by atoms with E-state index in [1.165, 1.54) is 129 Å². The van der Waals surface area contributed by atoms with Crippen LogP contribution in [-0.2, 0) is 5.41 Å². The fourth-order valence-electron chi connectivity index (χ4n) is 8.61. The Balaban J connectivity index is 1.32. The van der Waals surface area contributed by atoms with Crippen LogP contribution < -0.4 is 5.32 Å². The van der Waals surface area contributed by atoms with Crippen molar-refractivity contribution >= 4 is 11.4 Å². The SMILES string of the molecule is CCCCCCCCC1(CCCCCCCC)c2cc(-c3ccccc3)ccc2-c2ccc(-c3ccc(Nc4ccc(C(C)CC)cc4)cc3)cc21. The normalized spacial score (nSPS) is 13.5. The molecule has 52 heavy (non-hydrogen) atoms. The molecule has 1 nitrogen and oxygen atoms in total. The second-order valence-corrected chi connectivity index (χ2v) is 15.6. The zero-order valence-electron chi connectivity index (χ0n) is 32.7. The largest absolute Gasteiger partial charge is 0.356 e. The van der Waals surface area contributed by atoms with Gasteiger partial charge in [0.05, 0.1) is 0 Å². The minimum Gasteiger partial charge on any atom is -0.356 e. The lowest BCUT2D eigenvalue weighted by atomic mass is 9.70. The van der Waals surface area contributed by atoms with E-state index in [-0.39, 0.29) is 5.41 Å². The summed E-state index contributed by atoms with van der Waals surface area (Å²) in [5.74, 6) is 0.592. The maximum Gasteiger partial charge on any atom is 0.0384 e. The predicted octanol–water partition coefficient (Wildman–Crippen LogP) is 16.0. The molecule has 1 heteroatoms. The van der Waals surface area contributed by atoms with E-state index in [9.17, 15) is 0 Å². The minimum absolute atomic E-state index is 0.0455. The zero-order valence-corrected chi connectivity index (χ0v) is 32.7. The molecule has 1 aliphatic carbocycles. The second kappa shape index (κ2) is 18.6. The van der Waals surface area contributed by atoms with Crippen molar-refractivity contribution in [2.75, 3.05) is 5.32 Å². The average Bonchev–Trinajstić information content (AvgIpc) is 3.46. The molecular formula is C51H63N. The van der Waals surface area contributed by atoms with Crippen molar-refractivity contribution in [1.82, 2.24) is 0 Å². The summed E-state index contributed by atoms with van der Waals surface area (Å²) >= 11 is 0. The molecule has 0 heterocycles. The van der Waals surface area contributed by atoms with Gasteiger partial charge in [0.15, 0.2) is 0 Å². The highest BCUT2D eigenvalue weighted by Crippen LogP contribution is 2.55. The first-order valence-electron chi connectivity index (χ1n) is 20.9. The van der Waals surface area contributed by atoms with Gasteiger partial charge in [0, 0.05) is 16.8 Å². The summed E-state index contributed by atoms with van der Waals surface area (Å²) in [4.78, 5) is 0. The van der Waals surface area contributed by atoms with E-state index >= 15 is 0 Å². The third kappa shape index (κ3) is 8.91. The maximum absolute atomic E-state index is 3.63. The summed E-state index contributed by atoms with van der Waals surface area (Å²) in [5.41, 5.74) is 15.0. The van der Waals surface area contributed by atoms with E-state index in [1.54, 1.807) is 11.1 Å². The Hall–Kier alpha value is -4.10. The van der Waals surface area contributed by atoms with Crippen LogP contribution in [0.2, 0.25) is 0 Å². The van der Waals surface area contributed by atoms with Gasteiger partial charge < -0.3 is 5.32 Å². The van der Waals surface area contributed by atoms with Crippen molar-refractivity contribution in [3.63, 3.8) is 0 Å². The van der Waals surface area contributed by atoms with Gasteiger partial charge in [-0.2, -0.15) is 0 Å². The van der Waals surface area contributed by atoms with E-state index in [4.69, 9.17) is 0 Å². The summed E-state index contributed by atoms with van der Waals surface area (Å²) in [6.45, 7) is 9.19. The first-order chi connectivity index (χ1) is 25.6. The molecule has 0 fully saturated rings. The van der Waals surface area contributed by atoms with Crippen LogP contribution in [0.25, 0.3) is 33.4 Å². The highest BCUT2D eigenvalue weighted by Gasteiger charge is 2.42. The molecule has 5 aromatic carbocycles. The van der Waals surface area contributed by atoms with Crippen LogP contribution in [0.5, 0.6) is 0 Å². The molecule has 0 spiro atoms. The van der Waals surface area contributed by atoms with Gasteiger partial charge in [0.2, 0.25) is 0 Å². The van der Waals surface area contributed by atoms with Crippen LogP contribution in [0.1, 0.15) is 147 Å². The summed E-state index contributed by atoms with van der Waals surface area (Å²) in [6.07, 6.45) is 19.6. The van der Waals surface area contributed by atoms with Crippen LogP contribution in [0.3, 0.4) is 0 Å². The van der Waals surface area contributed by atoms with Crippen molar-refractivity contribution in [2.45, 2.75) is 135 Å². The number of unbranched alkanes of at least 4 members (excludes halogenated alkanes) is 10. The molecule has 1 aliphatic rings. The fourth-order valence-corrected chi connectivity index (χ4v) is 8.61. The van der Waals surface area contributed by atoms with E-state index in [0.29, 0.717) is 5.92 Å². The van der Waals surface area contributed by atoms with Crippen LogP contribution in [0, 0.1) is 0 Å². The van der Waals surface area contributed by atoms with E-state index in [1.807, 2.05) is 0 Å². The molecule has 0 aromatic heterocycles. The van der Waals surface area contributed by atoms with Gasteiger partial charge in [-0.1, -0.05) is 184 Å². The highest BCUT2D eigenvalue weighted by molar-refractivity contribution is 5.86. The van der Waals surface area contributed by atoms with Gasteiger partial charge in [-0.25, -0.2) is 0 Å². The van der Waals surface area contributed by atoms with Crippen LogP contribution in [0.4, 0.5) is 11.4 Å². The third-order valence-electron chi connectivity index (χ3n) is 12.0. The van der Waals surface area contributed by atoms with Crippen molar-refractivity contribution in [2.24, 2.45) is 0 Å². The van der Waals surface area contributed by atoms with E-state index in [0.717, 1.165) is 17.8 Å². The molecule has 1 N–H and O–H groups in total. The Bertz CT molecular complexity index is 1800. The van der Waals surface area contributed by atoms with Crippen molar-refractivity contribution in [3.8, 4) is 33.4 Å². The summed E-state index contributed by atoms with van der Waals surface area (Å²) < 4.78 is 0. The van der Waals surface area contributed by atoms with Crippen LogP contribution in [0.15, 0.2) is 115 Å². The monoisotopic (exact) mass is 689 g/mol. The maximum atomic E-state index is 3.63. The van der Waals surface area contributed by atoms with E-state index in [2.05, 4.69) is 148 Å². The van der Waals surface area contributed by atoms with Gasteiger partial charge in [0.1, 0.15) is 0 Å². The predicted molar refractivity (Wildman–Crippen MR) is 228 cm³/mol. The molecule has 0 amide bonds. The molecule has 1 unspecified atom stereocenters. The zero-order chi connectivity index (χ0) is 36.2. The molecule has 0 radical (unpaired) electrons. The molecule has 272 valence electrons. The highest BCUT2D eigenvalue weighted by atomic mass is 14.9. The number of anilines is 2. The quantitative estimate of drug-likeness (QED) is 0.0802. The molecule has 5 aromatic rings. The number of nitrogens with one attached hydrogen (secondary N) is 1. The Kier molecular flexibility index (Phi) is 13.5. The minimum atomic E-state index is 0.0455. The molecule has 0 saturated heterocycles.